The van der Waals surface area contributed by atoms with Gasteiger partial charge in [-0.1, -0.05) is 29.8 Å². The van der Waals surface area contributed by atoms with Crippen molar-refractivity contribution >= 4 is 48.7 Å². The predicted octanol–water partition coefficient (Wildman–Crippen LogP) is 3.95. The smallest absolute Gasteiger partial charge is 0.261 e. The molecule has 0 spiro atoms. The molecule has 33 heavy (non-hydrogen) atoms. The van der Waals surface area contributed by atoms with Crippen LogP contribution in [0.4, 0.5) is 11.4 Å². The van der Waals surface area contributed by atoms with Gasteiger partial charge in [-0.2, -0.15) is 0 Å². The quantitative estimate of drug-likeness (QED) is 0.451. The van der Waals surface area contributed by atoms with Gasteiger partial charge in [-0.05, 0) is 54.6 Å². The highest BCUT2D eigenvalue weighted by Gasteiger charge is 2.20. The Balaban J connectivity index is 1.75. The van der Waals surface area contributed by atoms with Crippen LogP contribution in [0.1, 0.15) is 6.42 Å². The van der Waals surface area contributed by atoms with Crippen LogP contribution in [0.25, 0.3) is 0 Å². The molecule has 0 fully saturated rings. The third-order valence-corrected chi connectivity index (χ3v) is 7.91. The van der Waals surface area contributed by atoms with Crippen LogP contribution in [0.2, 0.25) is 5.02 Å². The van der Waals surface area contributed by atoms with Crippen LogP contribution in [0, 0.1) is 0 Å². The molecule has 3 rings (SSSR count). The lowest BCUT2D eigenvalue weighted by Gasteiger charge is -2.13. The average Bonchev–Trinajstić information content (AvgIpc) is 2.80. The van der Waals surface area contributed by atoms with Gasteiger partial charge in [0.2, 0.25) is 5.91 Å². The summed E-state index contributed by atoms with van der Waals surface area (Å²) in [5.41, 5.74) is 0.408. The van der Waals surface area contributed by atoms with E-state index in [-0.39, 0.29) is 27.6 Å². The summed E-state index contributed by atoms with van der Waals surface area (Å²) in [4.78, 5) is 12.4. The average molecular weight is 509 g/mol. The molecule has 0 radical (unpaired) electrons. The second kappa shape index (κ2) is 10.2. The van der Waals surface area contributed by atoms with Crippen molar-refractivity contribution < 1.29 is 26.4 Å². The van der Waals surface area contributed by atoms with Gasteiger partial charge in [-0.25, -0.2) is 16.8 Å². The fourth-order valence-electron chi connectivity index (χ4n) is 2.87. The van der Waals surface area contributed by atoms with Gasteiger partial charge in [-0.15, -0.1) is 0 Å². The maximum atomic E-state index is 12.8. The number of carbonyl (C=O) groups is 1. The molecule has 2 N–H and O–H groups in total. The van der Waals surface area contributed by atoms with Crippen LogP contribution in [-0.4, -0.2) is 35.6 Å². The number of hydrogen-bond donors (Lipinski definition) is 2. The van der Waals surface area contributed by atoms with E-state index in [2.05, 4.69) is 10.0 Å². The molecule has 8 nitrogen and oxygen atoms in total. The summed E-state index contributed by atoms with van der Waals surface area (Å²) >= 11 is 5.82. The second-order valence-electron chi connectivity index (χ2n) is 6.90. The first-order valence-electron chi connectivity index (χ1n) is 9.65. The molecule has 0 heterocycles. The number of nitrogens with one attached hydrogen (secondary N) is 2. The number of methoxy groups -OCH3 is 1. The third kappa shape index (κ3) is 6.47. The zero-order valence-corrected chi connectivity index (χ0v) is 19.9. The van der Waals surface area contributed by atoms with Crippen molar-refractivity contribution in [1.29, 1.82) is 0 Å². The van der Waals surface area contributed by atoms with Crippen LogP contribution in [0.5, 0.6) is 5.75 Å². The molecule has 0 saturated carbocycles. The Morgan fingerprint density at radius 1 is 0.909 bits per heavy atom. The number of amides is 1. The molecule has 11 heteroatoms. The highest BCUT2D eigenvalue weighted by Crippen LogP contribution is 2.29. The summed E-state index contributed by atoms with van der Waals surface area (Å²) in [7, 11) is -6.25. The van der Waals surface area contributed by atoms with Gasteiger partial charge in [0, 0.05) is 17.1 Å². The molecular weight excluding hydrogens is 488 g/mol. The summed E-state index contributed by atoms with van der Waals surface area (Å²) in [6.07, 6.45) is -0.319. The van der Waals surface area contributed by atoms with Gasteiger partial charge in [-0.3, -0.25) is 9.52 Å². The highest BCUT2D eigenvalue weighted by atomic mass is 35.5. The molecule has 3 aromatic rings. The number of sulfone groups is 1. The Morgan fingerprint density at radius 2 is 1.58 bits per heavy atom. The maximum Gasteiger partial charge on any atom is 0.261 e. The van der Waals surface area contributed by atoms with Crippen LogP contribution in [-0.2, 0) is 24.7 Å². The molecule has 0 aliphatic rings. The Bertz CT molecular complexity index is 1340. The lowest BCUT2D eigenvalue weighted by Crippen LogP contribution is -2.18. The summed E-state index contributed by atoms with van der Waals surface area (Å²) in [6, 6.07) is 17.9. The number of rotatable bonds is 9. The van der Waals surface area contributed by atoms with E-state index in [1.54, 1.807) is 30.3 Å². The zero-order valence-electron chi connectivity index (χ0n) is 17.5. The van der Waals surface area contributed by atoms with E-state index in [0.29, 0.717) is 10.7 Å². The summed E-state index contributed by atoms with van der Waals surface area (Å²) in [5.74, 6) is -0.783. The Morgan fingerprint density at radius 3 is 2.21 bits per heavy atom. The normalized spacial score (nSPS) is 11.6. The van der Waals surface area contributed by atoms with Gasteiger partial charge in [0.25, 0.3) is 10.0 Å². The molecule has 0 aromatic heterocycles. The van der Waals surface area contributed by atoms with Crippen LogP contribution in [0.3, 0.4) is 0 Å². The van der Waals surface area contributed by atoms with E-state index in [4.69, 9.17) is 16.3 Å². The minimum atomic E-state index is -3.98. The van der Waals surface area contributed by atoms with Crippen molar-refractivity contribution in [3.05, 3.63) is 77.8 Å². The van der Waals surface area contributed by atoms with Crippen LogP contribution >= 0.6 is 11.6 Å². The molecule has 0 saturated heterocycles. The third-order valence-electron chi connectivity index (χ3n) is 4.55. The van der Waals surface area contributed by atoms with Gasteiger partial charge >= 0.3 is 0 Å². The monoisotopic (exact) mass is 508 g/mol. The number of ether oxygens (including phenoxy) is 1. The van der Waals surface area contributed by atoms with Gasteiger partial charge in [0.1, 0.15) is 5.75 Å². The number of benzene rings is 3. The largest absolute Gasteiger partial charge is 0.495 e. The fourth-order valence-corrected chi connectivity index (χ4v) is 5.34. The number of halogens is 1. The van der Waals surface area contributed by atoms with Gasteiger partial charge in [0.15, 0.2) is 9.84 Å². The number of sulfonamides is 1. The number of hydrogen-bond acceptors (Lipinski definition) is 6. The first-order valence-corrected chi connectivity index (χ1v) is 13.2. The molecule has 0 atom stereocenters. The van der Waals surface area contributed by atoms with Crippen molar-refractivity contribution in [3.63, 3.8) is 0 Å². The molecule has 0 aliphatic carbocycles. The zero-order chi connectivity index (χ0) is 24.1. The van der Waals surface area contributed by atoms with E-state index in [9.17, 15) is 21.6 Å². The molecule has 0 bridgehead atoms. The maximum absolute atomic E-state index is 12.8. The van der Waals surface area contributed by atoms with E-state index in [1.165, 1.54) is 49.6 Å². The molecule has 3 aromatic carbocycles. The van der Waals surface area contributed by atoms with E-state index in [0.717, 1.165) is 0 Å². The standard InChI is InChI=1S/C22H21ClN2O6S2/c1-31-21-12-11-19(33(29,30)25-17-9-7-16(23)8-10-17)15-20(21)24-22(26)13-14-32(27,28)18-5-3-2-4-6-18/h2-12,15,25H,13-14H2,1H3,(H,24,26). The van der Waals surface area contributed by atoms with Crippen molar-refractivity contribution in [1.82, 2.24) is 0 Å². The van der Waals surface area contributed by atoms with Crippen LogP contribution < -0.4 is 14.8 Å². The predicted molar refractivity (Wildman–Crippen MR) is 127 cm³/mol. The first-order chi connectivity index (χ1) is 15.6. The van der Waals surface area contributed by atoms with Crippen molar-refractivity contribution in [3.8, 4) is 5.75 Å². The first kappa shape index (κ1) is 24.6. The van der Waals surface area contributed by atoms with Gasteiger partial charge in [0.05, 0.1) is 28.3 Å². The van der Waals surface area contributed by atoms with E-state index in [1.807, 2.05) is 0 Å². The minimum Gasteiger partial charge on any atom is -0.495 e. The Hall–Kier alpha value is -3.08. The van der Waals surface area contributed by atoms with Crippen molar-refractivity contribution in [2.45, 2.75) is 16.2 Å². The second-order valence-corrected chi connectivity index (χ2v) is 11.1. The number of anilines is 2. The topological polar surface area (TPSA) is 119 Å². The highest BCUT2D eigenvalue weighted by molar-refractivity contribution is 7.92. The molecule has 1 amide bonds. The molecule has 0 unspecified atom stereocenters. The summed E-state index contributed by atoms with van der Waals surface area (Å²) in [5, 5.41) is 2.99. The SMILES string of the molecule is COc1ccc(S(=O)(=O)Nc2ccc(Cl)cc2)cc1NC(=O)CCS(=O)(=O)c1ccccc1. The molecule has 174 valence electrons. The van der Waals surface area contributed by atoms with Gasteiger partial charge < -0.3 is 10.1 Å². The van der Waals surface area contributed by atoms with Crippen molar-refractivity contribution in [2.75, 3.05) is 22.9 Å². The number of carbonyl (C=O) groups excluding carboxylic acids is 1. The van der Waals surface area contributed by atoms with Crippen molar-refractivity contribution in [2.24, 2.45) is 0 Å². The lowest BCUT2D eigenvalue weighted by molar-refractivity contribution is -0.115. The summed E-state index contributed by atoms with van der Waals surface area (Å²) < 4.78 is 57.9. The Kier molecular flexibility index (Phi) is 7.62. The van der Waals surface area contributed by atoms with Crippen LogP contribution in [0.15, 0.2) is 82.6 Å². The lowest BCUT2D eigenvalue weighted by atomic mass is 10.3. The Labute approximate surface area is 197 Å². The molecular formula is C22H21ClN2O6S2. The fraction of sp³-hybridized carbons (Fsp3) is 0.136. The minimum absolute atomic E-state index is 0.0959. The van der Waals surface area contributed by atoms with E-state index < -0.39 is 31.5 Å². The summed E-state index contributed by atoms with van der Waals surface area (Å²) in [6.45, 7) is 0. The molecule has 0 aliphatic heterocycles. The van der Waals surface area contributed by atoms with E-state index >= 15 is 0 Å².